The van der Waals surface area contributed by atoms with Gasteiger partial charge in [0.1, 0.15) is 7.11 Å². The van der Waals surface area contributed by atoms with Crippen molar-refractivity contribution in [1.82, 2.24) is 0 Å². The summed E-state index contributed by atoms with van der Waals surface area (Å²) in [6.07, 6.45) is 0. The van der Waals surface area contributed by atoms with Crippen LogP contribution in [0.5, 0.6) is 0 Å². The Morgan fingerprint density at radius 1 is 1.47 bits per heavy atom. The van der Waals surface area contributed by atoms with Crippen molar-refractivity contribution in [3.8, 4) is 0 Å². The number of carbonyl (C=O) groups is 1. The Labute approximate surface area is 93.7 Å². The van der Waals surface area contributed by atoms with Gasteiger partial charge in [-0.2, -0.15) is 0 Å². The maximum Gasteiger partial charge on any atom is 0.182 e. The number of alkyl halides is 1. The maximum atomic E-state index is 11.3. The van der Waals surface area contributed by atoms with E-state index in [0.717, 1.165) is 11.1 Å². The normalized spacial score (nSPS) is 11.3. The first-order valence-electron chi connectivity index (χ1n) is 4.47. The van der Waals surface area contributed by atoms with Crippen molar-refractivity contribution in [2.24, 2.45) is 5.16 Å². The topological polar surface area (TPSA) is 38.7 Å². The molecule has 4 heteroatoms. The van der Waals surface area contributed by atoms with E-state index in [1.165, 1.54) is 14.0 Å². The van der Waals surface area contributed by atoms with Gasteiger partial charge >= 0.3 is 0 Å². The second kappa shape index (κ2) is 5.51. The molecular formula is C11H12ClNO2. The number of Topliss-reactive ketones (excluding diaryl/α,β-unsaturated/α-hetero) is 1. The van der Waals surface area contributed by atoms with Gasteiger partial charge in [-0.05, 0) is 5.56 Å². The van der Waals surface area contributed by atoms with Crippen LogP contribution in [0.3, 0.4) is 0 Å². The zero-order valence-corrected chi connectivity index (χ0v) is 9.41. The second-order valence-corrected chi connectivity index (χ2v) is 3.24. The average molecular weight is 226 g/mol. The van der Waals surface area contributed by atoms with Crippen molar-refractivity contribution in [2.75, 3.05) is 7.11 Å². The van der Waals surface area contributed by atoms with Gasteiger partial charge in [-0.1, -0.05) is 29.4 Å². The molecule has 0 spiro atoms. The first kappa shape index (κ1) is 11.7. The zero-order chi connectivity index (χ0) is 11.3. The summed E-state index contributed by atoms with van der Waals surface area (Å²) in [6, 6.07) is 7.36. The first-order chi connectivity index (χ1) is 7.20. The quantitative estimate of drug-likeness (QED) is 0.448. The van der Waals surface area contributed by atoms with E-state index < -0.39 is 0 Å². The Bertz CT molecular complexity index is 388. The van der Waals surface area contributed by atoms with Crippen LogP contribution in [0.25, 0.3) is 0 Å². The van der Waals surface area contributed by atoms with E-state index in [0.29, 0.717) is 11.6 Å². The Kier molecular flexibility index (Phi) is 4.31. The smallest absolute Gasteiger partial charge is 0.182 e. The number of hydrogen-bond acceptors (Lipinski definition) is 3. The molecule has 1 aromatic rings. The maximum absolute atomic E-state index is 11.3. The molecule has 0 aliphatic carbocycles. The molecule has 0 bridgehead atoms. The number of oxime groups is 1. The minimum absolute atomic E-state index is 0.144. The summed E-state index contributed by atoms with van der Waals surface area (Å²) in [4.78, 5) is 16.0. The first-order valence-corrected chi connectivity index (χ1v) is 5.00. The van der Waals surface area contributed by atoms with Crippen LogP contribution in [0.15, 0.2) is 29.4 Å². The molecule has 3 nitrogen and oxygen atoms in total. The van der Waals surface area contributed by atoms with E-state index in [1.54, 1.807) is 6.07 Å². The highest BCUT2D eigenvalue weighted by Crippen LogP contribution is 2.13. The minimum Gasteiger partial charge on any atom is -0.399 e. The van der Waals surface area contributed by atoms with Crippen molar-refractivity contribution in [3.05, 3.63) is 35.4 Å². The molecule has 0 N–H and O–H groups in total. The van der Waals surface area contributed by atoms with Gasteiger partial charge in [-0.15, -0.1) is 11.6 Å². The predicted octanol–water partition coefficient (Wildman–Crippen LogP) is 2.36. The van der Waals surface area contributed by atoms with Gasteiger partial charge in [-0.3, -0.25) is 4.79 Å². The average Bonchev–Trinajstić information content (AvgIpc) is 2.25. The largest absolute Gasteiger partial charge is 0.399 e. The monoisotopic (exact) mass is 225 g/mol. The molecule has 0 unspecified atom stereocenters. The molecular weight excluding hydrogens is 214 g/mol. The van der Waals surface area contributed by atoms with Gasteiger partial charge in [0, 0.05) is 18.4 Å². The molecule has 0 aliphatic heterocycles. The highest BCUT2D eigenvalue weighted by Gasteiger charge is 2.13. The fourth-order valence-electron chi connectivity index (χ4n) is 1.26. The third-order valence-corrected chi connectivity index (χ3v) is 2.22. The van der Waals surface area contributed by atoms with Gasteiger partial charge in [0.15, 0.2) is 11.5 Å². The van der Waals surface area contributed by atoms with E-state index >= 15 is 0 Å². The van der Waals surface area contributed by atoms with Crippen LogP contribution in [-0.4, -0.2) is 18.6 Å². The van der Waals surface area contributed by atoms with Gasteiger partial charge < -0.3 is 4.84 Å². The summed E-state index contributed by atoms with van der Waals surface area (Å²) >= 11 is 5.77. The van der Waals surface area contributed by atoms with E-state index in [4.69, 9.17) is 11.6 Å². The lowest BCUT2D eigenvalue weighted by molar-refractivity contribution is -0.111. The summed E-state index contributed by atoms with van der Waals surface area (Å²) in [5.74, 6) is 0.195. The Balaban J connectivity index is 3.22. The molecule has 0 aliphatic rings. The SMILES string of the molecule is CO/N=C(/C(C)=O)c1ccccc1CCl. The molecule has 0 aromatic heterocycles. The van der Waals surface area contributed by atoms with Crippen LogP contribution >= 0.6 is 11.6 Å². The standard InChI is InChI=1S/C11H12ClNO2/c1-8(14)11(13-15-2)10-6-4-3-5-9(10)7-12/h3-6H,7H2,1-2H3/b13-11-. The number of hydrogen-bond donors (Lipinski definition) is 0. The van der Waals surface area contributed by atoms with Crippen LogP contribution in [0.2, 0.25) is 0 Å². The Morgan fingerprint density at radius 2 is 2.13 bits per heavy atom. The third kappa shape index (κ3) is 2.80. The Morgan fingerprint density at radius 3 is 2.67 bits per heavy atom. The molecule has 0 heterocycles. The van der Waals surface area contributed by atoms with E-state index in [1.807, 2.05) is 18.2 Å². The lowest BCUT2D eigenvalue weighted by Gasteiger charge is -2.06. The number of rotatable bonds is 4. The van der Waals surface area contributed by atoms with Crippen LogP contribution in [-0.2, 0) is 15.5 Å². The molecule has 1 aromatic carbocycles. The number of ketones is 1. The third-order valence-electron chi connectivity index (χ3n) is 1.93. The van der Waals surface area contributed by atoms with Gasteiger partial charge in [0.2, 0.25) is 0 Å². The number of nitrogens with zero attached hydrogens (tertiary/aromatic N) is 1. The molecule has 80 valence electrons. The Hall–Kier alpha value is -1.35. The van der Waals surface area contributed by atoms with E-state index in [-0.39, 0.29) is 5.78 Å². The van der Waals surface area contributed by atoms with E-state index in [9.17, 15) is 4.79 Å². The predicted molar refractivity (Wildman–Crippen MR) is 60.2 cm³/mol. The molecule has 15 heavy (non-hydrogen) atoms. The van der Waals surface area contributed by atoms with Crippen molar-refractivity contribution in [1.29, 1.82) is 0 Å². The summed E-state index contributed by atoms with van der Waals surface area (Å²) in [5, 5.41) is 3.71. The zero-order valence-electron chi connectivity index (χ0n) is 8.66. The fraction of sp³-hybridized carbons (Fsp3) is 0.273. The molecule has 1 rings (SSSR count). The van der Waals surface area contributed by atoms with Crippen LogP contribution in [0, 0.1) is 0 Å². The van der Waals surface area contributed by atoms with Crippen LogP contribution in [0.1, 0.15) is 18.1 Å². The number of halogens is 1. The summed E-state index contributed by atoms with van der Waals surface area (Å²) < 4.78 is 0. The molecule has 0 saturated heterocycles. The number of benzene rings is 1. The lowest BCUT2D eigenvalue weighted by atomic mass is 10.0. The fourth-order valence-corrected chi connectivity index (χ4v) is 1.50. The van der Waals surface area contributed by atoms with Crippen molar-refractivity contribution in [3.63, 3.8) is 0 Å². The summed E-state index contributed by atoms with van der Waals surface area (Å²) in [5.41, 5.74) is 1.89. The summed E-state index contributed by atoms with van der Waals surface area (Å²) in [7, 11) is 1.41. The molecule has 0 amide bonds. The number of carbonyl (C=O) groups excluding carboxylic acids is 1. The summed E-state index contributed by atoms with van der Waals surface area (Å²) in [6.45, 7) is 1.45. The van der Waals surface area contributed by atoms with Crippen LogP contribution in [0.4, 0.5) is 0 Å². The molecule has 0 fully saturated rings. The molecule has 0 atom stereocenters. The van der Waals surface area contributed by atoms with E-state index in [2.05, 4.69) is 9.99 Å². The highest BCUT2D eigenvalue weighted by atomic mass is 35.5. The van der Waals surface area contributed by atoms with Crippen LogP contribution < -0.4 is 0 Å². The van der Waals surface area contributed by atoms with Gasteiger partial charge in [0.05, 0.1) is 0 Å². The van der Waals surface area contributed by atoms with Crippen molar-refractivity contribution >= 4 is 23.1 Å². The van der Waals surface area contributed by atoms with Gasteiger partial charge in [0.25, 0.3) is 0 Å². The highest BCUT2D eigenvalue weighted by molar-refractivity contribution is 6.45. The molecule has 0 radical (unpaired) electrons. The van der Waals surface area contributed by atoms with Crippen molar-refractivity contribution in [2.45, 2.75) is 12.8 Å². The molecule has 0 saturated carbocycles. The minimum atomic E-state index is -0.144. The lowest BCUT2D eigenvalue weighted by Crippen LogP contribution is -2.14. The van der Waals surface area contributed by atoms with Crippen molar-refractivity contribution < 1.29 is 9.63 Å². The van der Waals surface area contributed by atoms with Gasteiger partial charge in [-0.25, -0.2) is 0 Å². The second-order valence-electron chi connectivity index (χ2n) is 2.97.